The van der Waals surface area contributed by atoms with Gasteiger partial charge in [-0.1, -0.05) is 32.0 Å². The van der Waals surface area contributed by atoms with Gasteiger partial charge >= 0.3 is 0 Å². The summed E-state index contributed by atoms with van der Waals surface area (Å²) in [4.78, 5) is 0. The molecular formula is C17H23NO. The van der Waals surface area contributed by atoms with E-state index in [1.807, 2.05) is 6.07 Å². The lowest BCUT2D eigenvalue weighted by Crippen LogP contribution is -2.25. The largest absolute Gasteiger partial charge is 0.459 e. The molecule has 1 aromatic carbocycles. The second-order valence-corrected chi connectivity index (χ2v) is 6.21. The fraction of sp³-hybridized carbons (Fsp3) is 0.529. The summed E-state index contributed by atoms with van der Waals surface area (Å²) in [6.07, 6.45) is 3.73. The minimum atomic E-state index is 0.291. The van der Waals surface area contributed by atoms with Crippen LogP contribution in [-0.2, 0) is 6.42 Å². The van der Waals surface area contributed by atoms with E-state index in [1.165, 1.54) is 23.8 Å². The molecule has 0 spiro atoms. The molecule has 1 saturated carbocycles. The van der Waals surface area contributed by atoms with E-state index in [9.17, 15) is 0 Å². The van der Waals surface area contributed by atoms with Crippen molar-refractivity contribution in [1.82, 2.24) is 5.32 Å². The molecule has 0 radical (unpaired) electrons. The molecule has 19 heavy (non-hydrogen) atoms. The van der Waals surface area contributed by atoms with Crippen molar-refractivity contribution in [3.05, 3.63) is 35.6 Å². The first-order valence-corrected chi connectivity index (χ1v) is 7.37. The molecule has 2 nitrogen and oxygen atoms in total. The van der Waals surface area contributed by atoms with Crippen LogP contribution in [0.5, 0.6) is 0 Å². The quantitative estimate of drug-likeness (QED) is 0.856. The summed E-state index contributed by atoms with van der Waals surface area (Å²) >= 11 is 0. The molecule has 1 N–H and O–H groups in total. The molecule has 1 aliphatic rings. The van der Waals surface area contributed by atoms with Crippen molar-refractivity contribution in [1.29, 1.82) is 0 Å². The van der Waals surface area contributed by atoms with Gasteiger partial charge in [0.25, 0.3) is 0 Å². The summed E-state index contributed by atoms with van der Waals surface area (Å²) in [5.41, 5.74) is 2.91. The van der Waals surface area contributed by atoms with Gasteiger partial charge in [-0.15, -0.1) is 0 Å². The number of para-hydroxylation sites is 1. The van der Waals surface area contributed by atoms with E-state index in [0.29, 0.717) is 11.5 Å². The van der Waals surface area contributed by atoms with Crippen molar-refractivity contribution in [3.8, 4) is 0 Å². The van der Waals surface area contributed by atoms with Crippen molar-refractivity contribution < 1.29 is 4.42 Å². The van der Waals surface area contributed by atoms with E-state index in [1.54, 1.807) is 0 Å². The van der Waals surface area contributed by atoms with E-state index in [-0.39, 0.29) is 0 Å². The lowest BCUT2D eigenvalue weighted by Gasteiger charge is -2.16. The number of hydrogen-bond acceptors (Lipinski definition) is 2. The highest BCUT2D eigenvalue weighted by Crippen LogP contribution is 2.44. The van der Waals surface area contributed by atoms with Gasteiger partial charge in [0.1, 0.15) is 11.3 Å². The fourth-order valence-corrected chi connectivity index (χ4v) is 2.71. The minimum Gasteiger partial charge on any atom is -0.459 e. The molecule has 0 amide bonds. The zero-order valence-corrected chi connectivity index (χ0v) is 12.1. The Morgan fingerprint density at radius 1 is 1.32 bits per heavy atom. The van der Waals surface area contributed by atoms with E-state index in [0.717, 1.165) is 24.3 Å². The molecule has 1 atom stereocenters. The van der Waals surface area contributed by atoms with Gasteiger partial charge in [0.05, 0.1) is 6.04 Å². The van der Waals surface area contributed by atoms with Gasteiger partial charge in [-0.3, -0.25) is 0 Å². The fourth-order valence-electron chi connectivity index (χ4n) is 2.71. The third-order valence-corrected chi connectivity index (χ3v) is 4.41. The summed E-state index contributed by atoms with van der Waals surface area (Å²) in [5.74, 6) is 1.12. The van der Waals surface area contributed by atoms with Crippen molar-refractivity contribution in [2.75, 3.05) is 6.54 Å². The van der Waals surface area contributed by atoms with Crippen molar-refractivity contribution >= 4 is 11.0 Å². The van der Waals surface area contributed by atoms with Crippen molar-refractivity contribution in [2.45, 2.75) is 46.1 Å². The second kappa shape index (κ2) is 4.68. The van der Waals surface area contributed by atoms with Crippen LogP contribution in [-0.4, -0.2) is 6.54 Å². The van der Waals surface area contributed by atoms with Crippen LogP contribution >= 0.6 is 0 Å². The summed E-state index contributed by atoms with van der Waals surface area (Å²) in [6.45, 7) is 7.86. The first kappa shape index (κ1) is 12.7. The van der Waals surface area contributed by atoms with Gasteiger partial charge in [-0.2, -0.15) is 0 Å². The van der Waals surface area contributed by atoms with Crippen LogP contribution in [0.4, 0.5) is 0 Å². The van der Waals surface area contributed by atoms with E-state index >= 15 is 0 Å². The van der Waals surface area contributed by atoms with Crippen LogP contribution < -0.4 is 5.32 Å². The summed E-state index contributed by atoms with van der Waals surface area (Å²) in [7, 11) is 0. The van der Waals surface area contributed by atoms with Gasteiger partial charge in [-0.05, 0) is 37.7 Å². The molecule has 0 bridgehead atoms. The van der Waals surface area contributed by atoms with Crippen molar-refractivity contribution in [3.63, 3.8) is 0 Å². The standard InChI is InChI=1S/C17H23NO/c1-4-13-14-7-5-6-8-15(14)19-16(13)12(2)18-11-17(3)9-10-17/h5-8,12,18H,4,9-11H2,1-3H3. The molecule has 102 valence electrons. The Hall–Kier alpha value is -1.28. The number of aryl methyl sites for hydroxylation is 1. The SMILES string of the molecule is CCc1c(C(C)NCC2(C)CC2)oc2ccccc12. The van der Waals surface area contributed by atoms with Crippen LogP contribution in [0.3, 0.4) is 0 Å². The number of fused-ring (bicyclic) bond motifs is 1. The lowest BCUT2D eigenvalue weighted by molar-refractivity contribution is 0.405. The van der Waals surface area contributed by atoms with Gasteiger partial charge in [0, 0.05) is 17.5 Å². The zero-order chi connectivity index (χ0) is 13.5. The third kappa shape index (κ3) is 2.42. The first-order chi connectivity index (χ1) is 9.13. The van der Waals surface area contributed by atoms with Crippen LogP contribution in [0.1, 0.15) is 51.0 Å². The monoisotopic (exact) mass is 257 g/mol. The topological polar surface area (TPSA) is 25.2 Å². The third-order valence-electron chi connectivity index (χ3n) is 4.41. The molecule has 0 aliphatic heterocycles. The molecule has 2 heteroatoms. The smallest absolute Gasteiger partial charge is 0.134 e. The van der Waals surface area contributed by atoms with Gasteiger partial charge < -0.3 is 9.73 Å². The Morgan fingerprint density at radius 2 is 2.05 bits per heavy atom. The highest BCUT2D eigenvalue weighted by molar-refractivity contribution is 5.82. The zero-order valence-electron chi connectivity index (χ0n) is 12.1. The molecule has 1 fully saturated rings. The Morgan fingerprint density at radius 3 is 2.74 bits per heavy atom. The van der Waals surface area contributed by atoms with Crippen LogP contribution in [0.15, 0.2) is 28.7 Å². The van der Waals surface area contributed by atoms with E-state index < -0.39 is 0 Å². The lowest BCUT2D eigenvalue weighted by atomic mass is 10.0. The normalized spacial score (nSPS) is 18.7. The van der Waals surface area contributed by atoms with Crippen LogP contribution in [0, 0.1) is 5.41 Å². The number of benzene rings is 1. The predicted octanol–water partition coefficient (Wildman–Crippen LogP) is 4.45. The molecule has 0 saturated heterocycles. The van der Waals surface area contributed by atoms with Crippen LogP contribution in [0.2, 0.25) is 0 Å². The highest BCUT2D eigenvalue weighted by Gasteiger charge is 2.37. The predicted molar refractivity (Wildman–Crippen MR) is 79.4 cm³/mol. The summed E-state index contributed by atoms with van der Waals surface area (Å²) in [6, 6.07) is 8.64. The minimum absolute atomic E-state index is 0.291. The molecule has 2 aromatic rings. The molecule has 1 unspecified atom stereocenters. The number of hydrogen-bond donors (Lipinski definition) is 1. The van der Waals surface area contributed by atoms with Crippen LogP contribution in [0.25, 0.3) is 11.0 Å². The Bertz CT molecular complexity index is 580. The number of nitrogens with one attached hydrogen (secondary N) is 1. The average Bonchev–Trinajstić information content (AvgIpc) is 3.04. The Kier molecular flexibility index (Phi) is 3.14. The Labute approximate surface area is 115 Å². The molecular weight excluding hydrogens is 234 g/mol. The highest BCUT2D eigenvalue weighted by atomic mass is 16.3. The maximum atomic E-state index is 6.07. The second-order valence-electron chi connectivity index (χ2n) is 6.21. The van der Waals surface area contributed by atoms with Gasteiger partial charge in [0.2, 0.25) is 0 Å². The number of rotatable bonds is 5. The van der Waals surface area contributed by atoms with Gasteiger partial charge in [0.15, 0.2) is 0 Å². The molecule has 1 aliphatic carbocycles. The van der Waals surface area contributed by atoms with Gasteiger partial charge in [-0.25, -0.2) is 0 Å². The average molecular weight is 257 g/mol. The first-order valence-electron chi connectivity index (χ1n) is 7.37. The summed E-state index contributed by atoms with van der Waals surface area (Å²) < 4.78 is 6.07. The molecule has 3 rings (SSSR count). The Balaban J connectivity index is 1.86. The van der Waals surface area contributed by atoms with E-state index in [2.05, 4.69) is 44.3 Å². The summed E-state index contributed by atoms with van der Waals surface area (Å²) in [5, 5.41) is 4.91. The maximum Gasteiger partial charge on any atom is 0.134 e. The van der Waals surface area contributed by atoms with E-state index in [4.69, 9.17) is 4.42 Å². The maximum absolute atomic E-state index is 6.07. The molecule has 1 aromatic heterocycles. The van der Waals surface area contributed by atoms with Crippen molar-refractivity contribution in [2.24, 2.45) is 5.41 Å². The molecule has 1 heterocycles. The number of furan rings is 1.